The molecule has 104 valence electrons. The molecule has 2 fully saturated rings. The summed E-state index contributed by atoms with van der Waals surface area (Å²) in [5.74, 6) is -0.691. The third-order valence-corrected chi connectivity index (χ3v) is 5.26. The van der Waals surface area contributed by atoms with E-state index in [0.29, 0.717) is 11.5 Å². The summed E-state index contributed by atoms with van der Waals surface area (Å²) in [6.07, 6.45) is 10.6. The SMILES string of the molecule is CCC1(CNC2CCC(C(=O)O)CC2)CCCC1. The molecule has 2 saturated carbocycles. The number of carboxylic acid groups (broad SMARTS) is 1. The van der Waals surface area contributed by atoms with Crippen molar-refractivity contribution in [2.75, 3.05) is 6.54 Å². The summed E-state index contributed by atoms with van der Waals surface area (Å²) >= 11 is 0. The van der Waals surface area contributed by atoms with E-state index in [9.17, 15) is 4.79 Å². The number of hydrogen-bond acceptors (Lipinski definition) is 2. The zero-order valence-corrected chi connectivity index (χ0v) is 11.6. The smallest absolute Gasteiger partial charge is 0.306 e. The minimum Gasteiger partial charge on any atom is -0.481 e. The summed E-state index contributed by atoms with van der Waals surface area (Å²) in [5, 5.41) is 12.7. The Morgan fingerprint density at radius 1 is 1.22 bits per heavy atom. The van der Waals surface area contributed by atoms with E-state index in [0.717, 1.165) is 32.2 Å². The Bertz CT molecular complexity index is 276. The van der Waals surface area contributed by atoms with Gasteiger partial charge in [-0.25, -0.2) is 0 Å². The molecular formula is C15H27NO2. The van der Waals surface area contributed by atoms with Crippen molar-refractivity contribution in [1.29, 1.82) is 0 Å². The second kappa shape index (κ2) is 6.05. The zero-order valence-electron chi connectivity index (χ0n) is 11.6. The molecule has 2 aliphatic carbocycles. The molecule has 0 unspecified atom stereocenters. The standard InChI is InChI=1S/C15H27NO2/c1-2-15(9-3-4-10-15)11-16-13-7-5-12(6-8-13)14(17)18/h12-13,16H,2-11H2,1H3,(H,17,18). The maximum absolute atomic E-state index is 10.9. The Morgan fingerprint density at radius 2 is 1.83 bits per heavy atom. The molecule has 2 N–H and O–H groups in total. The molecule has 3 heteroatoms. The molecule has 3 nitrogen and oxygen atoms in total. The molecule has 2 aliphatic rings. The van der Waals surface area contributed by atoms with Gasteiger partial charge in [0.1, 0.15) is 0 Å². The summed E-state index contributed by atoms with van der Waals surface area (Å²) in [5.41, 5.74) is 0.545. The van der Waals surface area contributed by atoms with Gasteiger partial charge in [0.25, 0.3) is 0 Å². The van der Waals surface area contributed by atoms with Crippen molar-refractivity contribution in [3.05, 3.63) is 0 Å². The van der Waals surface area contributed by atoms with Gasteiger partial charge in [-0.05, 0) is 50.4 Å². The van der Waals surface area contributed by atoms with Crippen LogP contribution in [-0.4, -0.2) is 23.7 Å². The minimum atomic E-state index is -0.603. The predicted molar refractivity (Wildman–Crippen MR) is 72.6 cm³/mol. The minimum absolute atomic E-state index is 0.0883. The summed E-state index contributed by atoms with van der Waals surface area (Å²) < 4.78 is 0. The fourth-order valence-electron chi connectivity index (χ4n) is 3.69. The molecule has 0 heterocycles. The van der Waals surface area contributed by atoms with Gasteiger partial charge >= 0.3 is 5.97 Å². The lowest BCUT2D eigenvalue weighted by molar-refractivity contribution is -0.142. The largest absolute Gasteiger partial charge is 0.481 e. The molecule has 0 radical (unpaired) electrons. The van der Waals surface area contributed by atoms with Crippen LogP contribution in [-0.2, 0) is 4.79 Å². The third-order valence-electron chi connectivity index (χ3n) is 5.26. The fourth-order valence-corrected chi connectivity index (χ4v) is 3.69. The van der Waals surface area contributed by atoms with Gasteiger partial charge in [-0.2, -0.15) is 0 Å². The third kappa shape index (κ3) is 3.25. The Balaban J connectivity index is 1.73. The first-order chi connectivity index (χ1) is 8.65. The van der Waals surface area contributed by atoms with Gasteiger partial charge in [0.2, 0.25) is 0 Å². The first-order valence-electron chi connectivity index (χ1n) is 7.61. The highest BCUT2D eigenvalue weighted by Crippen LogP contribution is 2.40. The van der Waals surface area contributed by atoms with Gasteiger partial charge in [0.05, 0.1) is 5.92 Å². The number of carboxylic acids is 1. The Hall–Kier alpha value is -0.570. The highest BCUT2D eigenvalue weighted by atomic mass is 16.4. The van der Waals surface area contributed by atoms with E-state index in [1.165, 1.54) is 32.1 Å². The molecule has 0 amide bonds. The molecule has 0 aromatic rings. The molecule has 0 aromatic carbocycles. The van der Waals surface area contributed by atoms with Crippen LogP contribution in [0.4, 0.5) is 0 Å². The first kappa shape index (κ1) is 13.9. The molecule has 0 atom stereocenters. The number of nitrogens with one attached hydrogen (secondary N) is 1. The summed E-state index contributed by atoms with van der Waals surface area (Å²) in [4.78, 5) is 10.9. The number of aliphatic carboxylic acids is 1. The van der Waals surface area contributed by atoms with Gasteiger partial charge < -0.3 is 10.4 Å². The Labute approximate surface area is 110 Å². The highest BCUT2D eigenvalue weighted by Gasteiger charge is 2.33. The average molecular weight is 253 g/mol. The van der Waals surface area contributed by atoms with Gasteiger partial charge in [0.15, 0.2) is 0 Å². The van der Waals surface area contributed by atoms with E-state index < -0.39 is 5.97 Å². The van der Waals surface area contributed by atoms with Gasteiger partial charge in [0, 0.05) is 12.6 Å². The second-order valence-electron chi connectivity index (χ2n) is 6.33. The molecule has 18 heavy (non-hydrogen) atoms. The summed E-state index contributed by atoms with van der Waals surface area (Å²) in [6.45, 7) is 3.46. The van der Waals surface area contributed by atoms with Crippen molar-refractivity contribution in [2.45, 2.75) is 70.8 Å². The molecule has 0 bridgehead atoms. The van der Waals surface area contributed by atoms with Gasteiger partial charge in [-0.1, -0.05) is 19.8 Å². The van der Waals surface area contributed by atoms with Crippen LogP contribution in [0.15, 0.2) is 0 Å². The van der Waals surface area contributed by atoms with Crippen LogP contribution in [0.1, 0.15) is 64.7 Å². The quantitative estimate of drug-likeness (QED) is 0.791. The van der Waals surface area contributed by atoms with E-state index in [4.69, 9.17) is 5.11 Å². The summed E-state index contributed by atoms with van der Waals surface area (Å²) in [7, 11) is 0. The highest BCUT2D eigenvalue weighted by molar-refractivity contribution is 5.70. The molecular weight excluding hydrogens is 226 g/mol. The number of hydrogen-bond donors (Lipinski definition) is 2. The second-order valence-corrected chi connectivity index (χ2v) is 6.33. The van der Waals surface area contributed by atoms with Crippen LogP contribution in [0.5, 0.6) is 0 Å². The van der Waals surface area contributed by atoms with Crippen LogP contribution in [0.25, 0.3) is 0 Å². The predicted octanol–water partition coefficient (Wildman–Crippen LogP) is 3.19. The maximum atomic E-state index is 10.9. The Kier molecular flexibility index (Phi) is 4.66. The fraction of sp³-hybridized carbons (Fsp3) is 0.933. The van der Waals surface area contributed by atoms with Crippen LogP contribution in [0.3, 0.4) is 0 Å². The lowest BCUT2D eigenvalue weighted by atomic mass is 9.81. The maximum Gasteiger partial charge on any atom is 0.306 e. The number of carbonyl (C=O) groups is 1. The molecule has 0 spiro atoms. The van der Waals surface area contributed by atoms with Gasteiger partial charge in [-0.3, -0.25) is 4.79 Å². The van der Waals surface area contributed by atoms with E-state index >= 15 is 0 Å². The van der Waals surface area contributed by atoms with Gasteiger partial charge in [-0.15, -0.1) is 0 Å². The van der Waals surface area contributed by atoms with Crippen molar-refractivity contribution >= 4 is 5.97 Å². The molecule has 2 rings (SSSR count). The zero-order chi connectivity index (χ0) is 13.0. The normalized spacial score (nSPS) is 31.4. The first-order valence-corrected chi connectivity index (χ1v) is 7.61. The van der Waals surface area contributed by atoms with Crippen molar-refractivity contribution < 1.29 is 9.90 Å². The van der Waals surface area contributed by atoms with E-state index in [1.807, 2.05) is 0 Å². The topological polar surface area (TPSA) is 49.3 Å². The van der Waals surface area contributed by atoms with Crippen LogP contribution in [0.2, 0.25) is 0 Å². The van der Waals surface area contributed by atoms with Crippen molar-refractivity contribution in [2.24, 2.45) is 11.3 Å². The van der Waals surface area contributed by atoms with E-state index in [-0.39, 0.29) is 5.92 Å². The summed E-state index contributed by atoms with van der Waals surface area (Å²) in [6, 6.07) is 0.560. The monoisotopic (exact) mass is 253 g/mol. The molecule has 0 aromatic heterocycles. The van der Waals surface area contributed by atoms with Crippen molar-refractivity contribution in [3.8, 4) is 0 Å². The number of rotatable bonds is 5. The average Bonchev–Trinajstić information content (AvgIpc) is 2.86. The van der Waals surface area contributed by atoms with E-state index in [2.05, 4.69) is 12.2 Å². The van der Waals surface area contributed by atoms with Crippen LogP contribution in [0, 0.1) is 11.3 Å². The van der Waals surface area contributed by atoms with Crippen LogP contribution < -0.4 is 5.32 Å². The lowest BCUT2D eigenvalue weighted by Crippen LogP contribution is -2.41. The Morgan fingerprint density at radius 3 is 2.33 bits per heavy atom. The van der Waals surface area contributed by atoms with E-state index in [1.54, 1.807) is 0 Å². The molecule has 0 saturated heterocycles. The van der Waals surface area contributed by atoms with Crippen LogP contribution >= 0.6 is 0 Å². The van der Waals surface area contributed by atoms with Crippen molar-refractivity contribution in [1.82, 2.24) is 5.32 Å². The lowest BCUT2D eigenvalue weighted by Gasteiger charge is -2.33. The molecule has 0 aliphatic heterocycles. The van der Waals surface area contributed by atoms with Crippen molar-refractivity contribution in [3.63, 3.8) is 0 Å².